The molecule has 2 aliphatic rings. The molecule has 1 saturated carbocycles. The largest absolute Gasteiger partial charge is 0.336 e. The van der Waals surface area contributed by atoms with Gasteiger partial charge in [-0.25, -0.2) is 4.79 Å². The molecule has 1 unspecified atom stereocenters. The molecule has 1 saturated heterocycles. The van der Waals surface area contributed by atoms with Gasteiger partial charge >= 0.3 is 6.03 Å². The molecule has 1 aromatic rings. The van der Waals surface area contributed by atoms with E-state index < -0.39 is 0 Å². The lowest BCUT2D eigenvalue weighted by molar-refractivity contribution is 0.153. The average molecular weight is 301 g/mol. The molecular formula is C18H27N3O. The fraction of sp³-hybridized carbons (Fsp3) is 0.611. The highest BCUT2D eigenvalue weighted by Crippen LogP contribution is 2.25. The molecule has 0 spiro atoms. The summed E-state index contributed by atoms with van der Waals surface area (Å²) in [5.74, 6) is 0. The van der Waals surface area contributed by atoms with Crippen molar-refractivity contribution < 1.29 is 4.79 Å². The zero-order chi connectivity index (χ0) is 15.4. The molecule has 120 valence electrons. The van der Waals surface area contributed by atoms with Crippen LogP contribution in [0.25, 0.3) is 0 Å². The molecule has 1 atom stereocenters. The topological polar surface area (TPSA) is 35.6 Å². The van der Waals surface area contributed by atoms with E-state index in [1.807, 2.05) is 18.0 Å². The number of benzene rings is 1. The Morgan fingerprint density at radius 1 is 1.23 bits per heavy atom. The van der Waals surface area contributed by atoms with Crippen molar-refractivity contribution in [3.05, 3.63) is 35.9 Å². The Hall–Kier alpha value is -1.55. The zero-order valence-corrected chi connectivity index (χ0v) is 13.5. The van der Waals surface area contributed by atoms with Crippen molar-refractivity contribution in [2.45, 2.75) is 44.2 Å². The number of likely N-dealkylation sites (tertiary alicyclic amines) is 1. The number of carbonyl (C=O) groups excluding carboxylic acids is 1. The van der Waals surface area contributed by atoms with Gasteiger partial charge in [-0.3, -0.25) is 4.90 Å². The molecule has 3 rings (SSSR count). The van der Waals surface area contributed by atoms with E-state index in [1.54, 1.807) is 0 Å². The number of amides is 2. The molecular weight excluding hydrogens is 274 g/mol. The monoisotopic (exact) mass is 301 g/mol. The Morgan fingerprint density at radius 2 is 1.91 bits per heavy atom. The van der Waals surface area contributed by atoms with Crippen LogP contribution in [-0.4, -0.2) is 48.6 Å². The first-order chi connectivity index (χ1) is 10.8. The molecule has 4 heteroatoms. The average Bonchev–Trinajstić information content (AvgIpc) is 3.00. The molecule has 4 nitrogen and oxygen atoms in total. The van der Waals surface area contributed by atoms with Crippen LogP contribution in [0.5, 0.6) is 0 Å². The summed E-state index contributed by atoms with van der Waals surface area (Å²) in [6.45, 7) is 2.96. The highest BCUT2D eigenvalue weighted by molar-refractivity contribution is 5.74. The Bertz CT molecular complexity index is 480. The summed E-state index contributed by atoms with van der Waals surface area (Å²) in [5.41, 5.74) is 1.30. The molecule has 1 aliphatic heterocycles. The summed E-state index contributed by atoms with van der Waals surface area (Å²) in [6.07, 6.45) is 6.08. The normalized spacial score (nSPS) is 20.4. The number of nitrogens with one attached hydrogen (secondary N) is 1. The van der Waals surface area contributed by atoms with Crippen LogP contribution in [0.3, 0.4) is 0 Å². The second-order valence-corrected chi connectivity index (χ2v) is 6.55. The lowest BCUT2D eigenvalue weighted by Gasteiger charge is -2.35. The van der Waals surface area contributed by atoms with Crippen LogP contribution in [0.1, 0.15) is 43.7 Å². The van der Waals surface area contributed by atoms with E-state index in [-0.39, 0.29) is 6.03 Å². The van der Waals surface area contributed by atoms with Gasteiger partial charge in [-0.1, -0.05) is 30.3 Å². The number of rotatable bonds is 5. The molecule has 0 aromatic heterocycles. The van der Waals surface area contributed by atoms with Crippen LogP contribution >= 0.6 is 0 Å². The molecule has 2 fully saturated rings. The molecule has 22 heavy (non-hydrogen) atoms. The van der Waals surface area contributed by atoms with Crippen molar-refractivity contribution in [3.8, 4) is 0 Å². The van der Waals surface area contributed by atoms with Crippen LogP contribution in [0, 0.1) is 0 Å². The van der Waals surface area contributed by atoms with Crippen molar-refractivity contribution in [1.82, 2.24) is 15.1 Å². The molecule has 0 radical (unpaired) electrons. The van der Waals surface area contributed by atoms with Gasteiger partial charge < -0.3 is 10.2 Å². The quantitative estimate of drug-likeness (QED) is 0.907. The first-order valence-corrected chi connectivity index (χ1v) is 8.55. The minimum absolute atomic E-state index is 0.0739. The predicted octanol–water partition coefficient (Wildman–Crippen LogP) is 3.02. The number of hydrogen-bond donors (Lipinski definition) is 1. The van der Waals surface area contributed by atoms with Gasteiger partial charge in [-0.05, 0) is 50.8 Å². The van der Waals surface area contributed by atoms with Gasteiger partial charge in [0.05, 0.1) is 6.04 Å². The molecule has 1 N–H and O–H groups in total. The standard InChI is InChI=1S/C18H27N3O/c1-20(16-10-7-11-16)18(22)19-14-17(21-12-5-6-13-21)15-8-3-2-4-9-15/h2-4,8-9,16-17H,5-7,10-14H2,1H3,(H,19,22). The number of urea groups is 1. The van der Waals surface area contributed by atoms with Crippen LogP contribution < -0.4 is 5.32 Å². The Kier molecular flexibility index (Phi) is 4.98. The van der Waals surface area contributed by atoms with Gasteiger partial charge in [0.15, 0.2) is 0 Å². The van der Waals surface area contributed by atoms with Gasteiger partial charge in [0.2, 0.25) is 0 Å². The Labute approximate surface area is 133 Å². The highest BCUT2D eigenvalue weighted by atomic mass is 16.2. The predicted molar refractivity (Wildman–Crippen MR) is 88.8 cm³/mol. The van der Waals surface area contributed by atoms with E-state index in [2.05, 4.69) is 34.5 Å². The first-order valence-electron chi connectivity index (χ1n) is 8.55. The van der Waals surface area contributed by atoms with E-state index in [9.17, 15) is 4.79 Å². The van der Waals surface area contributed by atoms with Crippen LogP contribution in [-0.2, 0) is 0 Å². The summed E-state index contributed by atoms with van der Waals surface area (Å²) in [5, 5.41) is 3.15. The zero-order valence-electron chi connectivity index (χ0n) is 13.5. The number of hydrogen-bond acceptors (Lipinski definition) is 2. The third kappa shape index (κ3) is 3.43. The lowest BCUT2D eigenvalue weighted by Crippen LogP contribution is -2.48. The van der Waals surface area contributed by atoms with Gasteiger partial charge in [0.25, 0.3) is 0 Å². The minimum Gasteiger partial charge on any atom is -0.336 e. The summed E-state index contributed by atoms with van der Waals surface area (Å²) < 4.78 is 0. The van der Waals surface area contributed by atoms with Crippen molar-refractivity contribution in [1.29, 1.82) is 0 Å². The smallest absolute Gasteiger partial charge is 0.317 e. The molecule has 0 bridgehead atoms. The SMILES string of the molecule is CN(C(=O)NCC(c1ccccc1)N1CCCC1)C1CCC1. The van der Waals surface area contributed by atoms with Gasteiger partial charge in [0.1, 0.15) is 0 Å². The van der Waals surface area contributed by atoms with Gasteiger partial charge in [-0.2, -0.15) is 0 Å². The molecule has 1 heterocycles. The third-order valence-corrected chi connectivity index (χ3v) is 5.16. The van der Waals surface area contributed by atoms with Crippen molar-refractivity contribution in [2.75, 3.05) is 26.7 Å². The summed E-state index contributed by atoms with van der Waals surface area (Å²) in [4.78, 5) is 16.7. The Morgan fingerprint density at radius 3 is 2.50 bits per heavy atom. The summed E-state index contributed by atoms with van der Waals surface area (Å²) in [6, 6.07) is 11.4. The number of carbonyl (C=O) groups is 1. The fourth-order valence-corrected chi connectivity index (χ4v) is 3.43. The van der Waals surface area contributed by atoms with E-state index in [1.165, 1.54) is 24.8 Å². The third-order valence-electron chi connectivity index (χ3n) is 5.16. The summed E-state index contributed by atoms with van der Waals surface area (Å²) in [7, 11) is 1.92. The second-order valence-electron chi connectivity index (χ2n) is 6.55. The molecule has 2 amide bonds. The van der Waals surface area contributed by atoms with Crippen molar-refractivity contribution in [2.24, 2.45) is 0 Å². The fourth-order valence-electron chi connectivity index (χ4n) is 3.43. The lowest BCUT2D eigenvalue weighted by atomic mass is 9.92. The van der Waals surface area contributed by atoms with E-state index in [0.717, 1.165) is 25.9 Å². The second kappa shape index (κ2) is 7.14. The van der Waals surface area contributed by atoms with Crippen LogP contribution in [0.15, 0.2) is 30.3 Å². The minimum atomic E-state index is 0.0739. The maximum absolute atomic E-state index is 12.3. The van der Waals surface area contributed by atoms with Crippen molar-refractivity contribution >= 4 is 6.03 Å². The highest BCUT2D eigenvalue weighted by Gasteiger charge is 2.27. The maximum atomic E-state index is 12.3. The number of nitrogens with zero attached hydrogens (tertiary/aromatic N) is 2. The van der Waals surface area contributed by atoms with E-state index in [0.29, 0.717) is 18.6 Å². The van der Waals surface area contributed by atoms with Crippen molar-refractivity contribution in [3.63, 3.8) is 0 Å². The Balaban J connectivity index is 1.61. The molecule has 1 aliphatic carbocycles. The van der Waals surface area contributed by atoms with Gasteiger partial charge in [-0.15, -0.1) is 0 Å². The maximum Gasteiger partial charge on any atom is 0.317 e. The van der Waals surface area contributed by atoms with E-state index >= 15 is 0 Å². The van der Waals surface area contributed by atoms with Gasteiger partial charge in [0, 0.05) is 19.6 Å². The van der Waals surface area contributed by atoms with Crippen LogP contribution in [0.2, 0.25) is 0 Å². The van der Waals surface area contributed by atoms with Crippen LogP contribution in [0.4, 0.5) is 4.79 Å². The molecule has 1 aromatic carbocycles. The first kappa shape index (κ1) is 15.3. The summed E-state index contributed by atoms with van der Waals surface area (Å²) >= 11 is 0. The van der Waals surface area contributed by atoms with E-state index in [4.69, 9.17) is 0 Å².